The summed E-state index contributed by atoms with van der Waals surface area (Å²) in [5.41, 5.74) is 0. The summed E-state index contributed by atoms with van der Waals surface area (Å²) in [4.78, 5) is 0. The zero-order chi connectivity index (χ0) is 2.71. The molecule has 0 aromatic heterocycles. The van der Waals surface area contributed by atoms with Crippen LogP contribution in [0.4, 0.5) is 0 Å². The summed E-state index contributed by atoms with van der Waals surface area (Å²) >= 11 is -0.750. The predicted octanol–water partition coefficient (Wildman–Crippen LogP) is -0.826. The van der Waals surface area contributed by atoms with E-state index in [-0.39, 0.29) is 51.7 Å². The van der Waals surface area contributed by atoms with Gasteiger partial charge >= 0.3 is 60.5 Å². The Morgan fingerprint density at radius 3 is 1.50 bits per heavy atom. The quantitative estimate of drug-likeness (QED) is 0.482. The molecule has 2 nitrogen and oxygen atoms in total. The van der Waals surface area contributed by atoms with Crippen LogP contribution < -0.4 is 0 Å². The van der Waals surface area contributed by atoms with E-state index in [1.165, 1.54) is 0 Å². The van der Waals surface area contributed by atoms with Gasteiger partial charge in [0.25, 0.3) is 0 Å². The molecule has 0 heterocycles. The van der Waals surface area contributed by atoms with E-state index in [4.69, 9.17) is 8.42 Å². The molecule has 0 amide bonds. The van der Waals surface area contributed by atoms with Gasteiger partial charge in [0.1, 0.15) is 0 Å². The third kappa shape index (κ3) is 10.0. The normalized spacial score (nSPS) is 3.00. The summed E-state index contributed by atoms with van der Waals surface area (Å²) in [7, 11) is 0. The minimum atomic E-state index is -0.750. The summed E-state index contributed by atoms with van der Waals surface area (Å²) in [5, 5.41) is 0. The van der Waals surface area contributed by atoms with Crippen LogP contribution in [0.2, 0.25) is 0 Å². The second-order valence-corrected chi connectivity index (χ2v) is 0.204. The van der Waals surface area contributed by atoms with Gasteiger partial charge in [-0.05, 0) is 0 Å². The Bertz CT molecular complexity index is 32.5. The fourth-order valence-corrected chi connectivity index (χ4v) is 0. The van der Waals surface area contributed by atoms with Gasteiger partial charge in [0, 0.05) is 0 Å². The molecule has 0 aromatic carbocycles. The van der Waals surface area contributed by atoms with Crippen LogP contribution in [0.15, 0.2) is 0 Å². The van der Waals surface area contributed by atoms with Crippen molar-refractivity contribution >= 4 is 60.5 Å². The first-order valence-corrected chi connectivity index (χ1v) is 1.00. The van der Waals surface area contributed by atoms with Crippen LogP contribution in [0.5, 0.6) is 0 Å². The van der Waals surface area contributed by atoms with Gasteiger partial charge in [0.05, 0.1) is 0 Å². The van der Waals surface area contributed by atoms with E-state index >= 15 is 0 Å². The Balaban J connectivity index is -0.00000000667. The fraction of sp³-hybridized carbons (Fsp3) is 0. The first-order chi connectivity index (χ1) is 1.41. The summed E-state index contributed by atoms with van der Waals surface area (Å²) in [6.45, 7) is 0. The van der Waals surface area contributed by atoms with Gasteiger partial charge < -0.3 is 2.85 Å². The van der Waals surface area contributed by atoms with Crippen molar-refractivity contribution in [2.24, 2.45) is 0 Å². The molecule has 4 heteroatoms. The van der Waals surface area contributed by atoms with Crippen LogP contribution in [0, 0.1) is 0 Å². The van der Waals surface area contributed by atoms with Gasteiger partial charge in [-0.1, -0.05) is 0 Å². The maximum Gasteiger partial charge on any atom is 2.00 e. The summed E-state index contributed by atoms with van der Waals surface area (Å²) in [6, 6.07) is 0. The van der Waals surface area contributed by atoms with E-state index in [9.17, 15) is 0 Å². The molecule has 0 radical (unpaired) electrons. The zero-order valence-electron chi connectivity index (χ0n) is 3.93. The van der Waals surface area contributed by atoms with E-state index in [0.29, 0.717) is 0 Å². The molecular weight excluding hydrogens is 201 g/mol. The molecule has 0 bridgehead atoms. The minimum Gasteiger partial charge on any atom is -1.00 e. The minimum absolute atomic E-state index is 0. The van der Waals surface area contributed by atoms with Crippen LogP contribution in [0.3, 0.4) is 0 Å². The van der Waals surface area contributed by atoms with Crippen LogP contribution >= 0.6 is 0 Å². The average molecular weight is 203 g/mol. The standard InChI is InChI=1S/Ba.O2S.2H/c;1-3-2;;/q+2;;2*-1. The van der Waals surface area contributed by atoms with Crippen molar-refractivity contribution in [3.8, 4) is 0 Å². The Morgan fingerprint density at radius 2 is 1.50 bits per heavy atom. The van der Waals surface area contributed by atoms with Crippen molar-refractivity contribution in [3.05, 3.63) is 0 Å². The van der Waals surface area contributed by atoms with E-state index in [1.807, 2.05) is 0 Å². The first-order valence-electron chi connectivity index (χ1n) is 0.333. The topological polar surface area (TPSA) is 34.1 Å². The molecule has 22 valence electrons. The summed E-state index contributed by atoms with van der Waals surface area (Å²) < 4.78 is 16.6. The molecule has 0 saturated heterocycles. The van der Waals surface area contributed by atoms with Gasteiger partial charge in [-0.15, -0.1) is 0 Å². The SMILES string of the molecule is O=S=O.[Ba+2].[H-].[H-]. The molecule has 4 heavy (non-hydrogen) atoms. The van der Waals surface area contributed by atoms with Crippen molar-refractivity contribution in [3.63, 3.8) is 0 Å². The van der Waals surface area contributed by atoms with Gasteiger partial charge in [0.15, 0.2) is 0 Å². The van der Waals surface area contributed by atoms with Gasteiger partial charge in [-0.3, -0.25) is 0 Å². The number of hydrogen-bond donors (Lipinski definition) is 0. The molecule has 0 saturated carbocycles. The maximum atomic E-state index is 8.29. The Labute approximate surface area is 70.6 Å². The van der Waals surface area contributed by atoms with Crippen molar-refractivity contribution in [1.82, 2.24) is 0 Å². The third-order valence-corrected chi connectivity index (χ3v) is 0. The van der Waals surface area contributed by atoms with E-state index < -0.39 is 11.6 Å². The van der Waals surface area contributed by atoms with E-state index in [1.54, 1.807) is 0 Å². The van der Waals surface area contributed by atoms with E-state index in [2.05, 4.69) is 0 Å². The van der Waals surface area contributed by atoms with Crippen LogP contribution in [-0.2, 0) is 11.6 Å². The molecule has 0 fully saturated rings. The molecule has 0 aliphatic carbocycles. The van der Waals surface area contributed by atoms with Crippen molar-refractivity contribution in [1.29, 1.82) is 0 Å². The third-order valence-electron chi connectivity index (χ3n) is 0. The Hall–Kier alpha value is 1.39. The van der Waals surface area contributed by atoms with E-state index in [0.717, 1.165) is 0 Å². The van der Waals surface area contributed by atoms with Crippen molar-refractivity contribution in [2.75, 3.05) is 0 Å². The average Bonchev–Trinajstić information content (AvgIpc) is 0.918. The summed E-state index contributed by atoms with van der Waals surface area (Å²) in [6.07, 6.45) is 0. The fourth-order valence-electron chi connectivity index (χ4n) is 0. The maximum absolute atomic E-state index is 8.29. The second kappa shape index (κ2) is 8.83. The molecule has 0 unspecified atom stereocenters. The molecule has 0 rings (SSSR count). The monoisotopic (exact) mass is 204 g/mol. The molecule has 0 atom stereocenters. The van der Waals surface area contributed by atoms with Gasteiger partial charge in [-0.25, -0.2) is 0 Å². The largest absolute Gasteiger partial charge is 2.00 e. The number of hydrogen-bond acceptors (Lipinski definition) is 2. The van der Waals surface area contributed by atoms with Crippen molar-refractivity contribution in [2.45, 2.75) is 0 Å². The van der Waals surface area contributed by atoms with Crippen LogP contribution in [-0.4, -0.2) is 57.3 Å². The number of rotatable bonds is 0. The molecular formula is H2BaO2S. The van der Waals surface area contributed by atoms with Crippen LogP contribution in [0.25, 0.3) is 0 Å². The first kappa shape index (κ1) is 9.04. The Morgan fingerprint density at radius 1 is 1.50 bits per heavy atom. The van der Waals surface area contributed by atoms with Gasteiger partial charge in [0.2, 0.25) is 0 Å². The molecule has 0 aromatic rings. The molecule has 0 aliphatic rings. The smallest absolute Gasteiger partial charge is 1.00 e. The zero-order valence-corrected chi connectivity index (χ0v) is 7.19. The molecule has 0 aliphatic heterocycles. The second-order valence-electron chi connectivity index (χ2n) is 0.0680. The predicted molar refractivity (Wildman–Crippen MR) is 16.9 cm³/mol. The Kier molecular flexibility index (Phi) is 20.0. The van der Waals surface area contributed by atoms with Crippen molar-refractivity contribution < 1.29 is 11.3 Å². The molecule has 0 N–H and O–H groups in total. The van der Waals surface area contributed by atoms with Crippen LogP contribution in [0.1, 0.15) is 2.85 Å². The molecule has 0 spiro atoms. The van der Waals surface area contributed by atoms with Gasteiger partial charge in [-0.2, -0.15) is 8.42 Å². The summed E-state index contributed by atoms with van der Waals surface area (Å²) in [5.74, 6) is 0.